The summed E-state index contributed by atoms with van der Waals surface area (Å²) >= 11 is 3.20. The van der Waals surface area contributed by atoms with E-state index in [2.05, 4.69) is 15.9 Å². The smallest absolute Gasteiger partial charge is 0.166 e. The molecule has 0 radical (unpaired) electrons. The molecular formula is C14H13BrFNO. The molecule has 0 heterocycles. The molecule has 0 bridgehead atoms. The van der Waals surface area contributed by atoms with Gasteiger partial charge in [-0.15, -0.1) is 0 Å². The third-order valence-corrected chi connectivity index (χ3v) is 3.15. The van der Waals surface area contributed by atoms with Crippen molar-refractivity contribution in [1.29, 1.82) is 0 Å². The van der Waals surface area contributed by atoms with Gasteiger partial charge in [-0.25, -0.2) is 4.39 Å². The van der Waals surface area contributed by atoms with Crippen LogP contribution in [0.3, 0.4) is 0 Å². The van der Waals surface area contributed by atoms with Gasteiger partial charge in [-0.1, -0.05) is 22.0 Å². The maximum atomic E-state index is 13.6. The molecule has 2 aromatic carbocycles. The summed E-state index contributed by atoms with van der Waals surface area (Å²) in [5.41, 5.74) is 7.68. The van der Waals surface area contributed by atoms with Gasteiger partial charge in [0.2, 0.25) is 0 Å². The first-order valence-corrected chi connectivity index (χ1v) is 6.32. The molecule has 2 rings (SSSR count). The number of rotatable bonds is 3. The van der Waals surface area contributed by atoms with E-state index in [0.717, 1.165) is 11.1 Å². The van der Waals surface area contributed by atoms with E-state index in [9.17, 15) is 4.39 Å². The molecule has 0 aliphatic rings. The van der Waals surface area contributed by atoms with E-state index in [0.29, 0.717) is 16.8 Å². The zero-order valence-electron chi connectivity index (χ0n) is 9.91. The highest BCUT2D eigenvalue weighted by atomic mass is 79.9. The van der Waals surface area contributed by atoms with Crippen LogP contribution >= 0.6 is 15.9 Å². The lowest BCUT2D eigenvalue weighted by molar-refractivity contribution is 0.441. The van der Waals surface area contributed by atoms with Gasteiger partial charge in [-0.3, -0.25) is 0 Å². The average molecular weight is 310 g/mol. The first-order valence-electron chi connectivity index (χ1n) is 5.52. The summed E-state index contributed by atoms with van der Waals surface area (Å²) in [6.45, 7) is 2.44. The second kappa shape index (κ2) is 5.50. The summed E-state index contributed by atoms with van der Waals surface area (Å²) in [6, 6.07) is 10.2. The van der Waals surface area contributed by atoms with E-state index in [1.165, 1.54) is 6.07 Å². The highest BCUT2D eigenvalue weighted by Gasteiger charge is 2.06. The lowest BCUT2D eigenvalue weighted by Gasteiger charge is -2.09. The van der Waals surface area contributed by atoms with E-state index >= 15 is 0 Å². The Bertz CT molecular complexity index is 572. The molecular weight excluding hydrogens is 297 g/mol. The summed E-state index contributed by atoms with van der Waals surface area (Å²) < 4.78 is 19.8. The van der Waals surface area contributed by atoms with Crippen molar-refractivity contribution in [2.24, 2.45) is 5.73 Å². The van der Waals surface area contributed by atoms with Crippen LogP contribution in [0.4, 0.5) is 4.39 Å². The molecule has 0 fully saturated rings. The fraction of sp³-hybridized carbons (Fsp3) is 0.143. The molecule has 0 unspecified atom stereocenters. The number of nitrogens with two attached hydrogens (primary N) is 1. The van der Waals surface area contributed by atoms with Crippen LogP contribution in [-0.2, 0) is 6.54 Å². The van der Waals surface area contributed by atoms with Crippen molar-refractivity contribution < 1.29 is 9.13 Å². The second-order valence-electron chi connectivity index (χ2n) is 3.97. The standard InChI is InChI=1S/C14H13BrFNO/c1-9-6-12(4-2-10(9)8-17)18-14-5-3-11(15)7-13(14)16/h2-7H,8,17H2,1H3. The normalized spacial score (nSPS) is 10.4. The maximum absolute atomic E-state index is 13.6. The number of halogens is 2. The van der Waals surface area contributed by atoms with Crippen LogP contribution in [0.1, 0.15) is 11.1 Å². The minimum atomic E-state index is -0.398. The van der Waals surface area contributed by atoms with Crippen molar-refractivity contribution in [3.8, 4) is 11.5 Å². The maximum Gasteiger partial charge on any atom is 0.166 e. The number of benzene rings is 2. The molecule has 0 aliphatic carbocycles. The van der Waals surface area contributed by atoms with Crippen LogP contribution in [0.15, 0.2) is 40.9 Å². The summed E-state index contributed by atoms with van der Waals surface area (Å²) in [6.07, 6.45) is 0. The van der Waals surface area contributed by atoms with Crippen LogP contribution in [0.2, 0.25) is 0 Å². The Morgan fingerprint density at radius 2 is 2.00 bits per heavy atom. The van der Waals surface area contributed by atoms with E-state index < -0.39 is 5.82 Å². The molecule has 0 aromatic heterocycles. The molecule has 2 N–H and O–H groups in total. The summed E-state index contributed by atoms with van der Waals surface area (Å²) in [5, 5.41) is 0. The summed E-state index contributed by atoms with van der Waals surface area (Å²) in [5.74, 6) is 0.411. The van der Waals surface area contributed by atoms with Gasteiger partial charge in [0.15, 0.2) is 11.6 Å². The molecule has 2 aromatic rings. The van der Waals surface area contributed by atoms with Gasteiger partial charge in [0.1, 0.15) is 5.75 Å². The van der Waals surface area contributed by atoms with E-state index in [1.54, 1.807) is 18.2 Å². The largest absolute Gasteiger partial charge is 0.454 e. The highest BCUT2D eigenvalue weighted by molar-refractivity contribution is 9.10. The van der Waals surface area contributed by atoms with Crippen LogP contribution in [0.5, 0.6) is 11.5 Å². The molecule has 4 heteroatoms. The molecule has 0 atom stereocenters. The number of ether oxygens (including phenoxy) is 1. The third kappa shape index (κ3) is 2.89. The molecule has 0 saturated heterocycles. The predicted octanol–water partition coefficient (Wildman–Crippen LogP) is 4.15. The van der Waals surface area contributed by atoms with Crippen molar-refractivity contribution in [3.63, 3.8) is 0 Å². The Labute approximate surface area is 114 Å². The van der Waals surface area contributed by atoms with Crippen molar-refractivity contribution >= 4 is 15.9 Å². The molecule has 0 amide bonds. The number of hydrogen-bond donors (Lipinski definition) is 1. The summed E-state index contributed by atoms with van der Waals surface area (Å²) in [4.78, 5) is 0. The Kier molecular flexibility index (Phi) is 3.99. The van der Waals surface area contributed by atoms with Gasteiger partial charge < -0.3 is 10.5 Å². The molecule has 0 saturated carbocycles. The lowest BCUT2D eigenvalue weighted by atomic mass is 10.1. The molecule has 18 heavy (non-hydrogen) atoms. The number of hydrogen-bond acceptors (Lipinski definition) is 2. The second-order valence-corrected chi connectivity index (χ2v) is 4.88. The fourth-order valence-electron chi connectivity index (χ4n) is 1.65. The quantitative estimate of drug-likeness (QED) is 0.924. The topological polar surface area (TPSA) is 35.2 Å². The van der Waals surface area contributed by atoms with E-state index in [-0.39, 0.29) is 5.75 Å². The van der Waals surface area contributed by atoms with Gasteiger partial charge in [0.25, 0.3) is 0 Å². The Hall–Kier alpha value is -1.39. The van der Waals surface area contributed by atoms with E-state index in [4.69, 9.17) is 10.5 Å². The molecule has 2 nitrogen and oxygen atoms in total. The third-order valence-electron chi connectivity index (χ3n) is 2.66. The van der Waals surface area contributed by atoms with Crippen molar-refractivity contribution in [2.75, 3.05) is 0 Å². The minimum Gasteiger partial charge on any atom is -0.454 e. The number of aryl methyl sites for hydroxylation is 1. The van der Waals surface area contributed by atoms with Crippen LogP contribution in [0, 0.1) is 12.7 Å². The van der Waals surface area contributed by atoms with Crippen LogP contribution in [0.25, 0.3) is 0 Å². The summed E-state index contributed by atoms with van der Waals surface area (Å²) in [7, 11) is 0. The van der Waals surface area contributed by atoms with Crippen molar-refractivity contribution in [1.82, 2.24) is 0 Å². The highest BCUT2D eigenvalue weighted by Crippen LogP contribution is 2.27. The lowest BCUT2D eigenvalue weighted by Crippen LogP contribution is -1.99. The monoisotopic (exact) mass is 309 g/mol. The van der Waals surface area contributed by atoms with Crippen molar-refractivity contribution in [3.05, 3.63) is 57.8 Å². The van der Waals surface area contributed by atoms with Gasteiger partial charge >= 0.3 is 0 Å². The van der Waals surface area contributed by atoms with Gasteiger partial charge in [-0.05, 0) is 48.4 Å². The van der Waals surface area contributed by atoms with Crippen molar-refractivity contribution in [2.45, 2.75) is 13.5 Å². The van der Waals surface area contributed by atoms with Crippen LogP contribution in [-0.4, -0.2) is 0 Å². The molecule has 0 spiro atoms. The van der Waals surface area contributed by atoms with Crippen LogP contribution < -0.4 is 10.5 Å². The zero-order chi connectivity index (χ0) is 13.1. The van der Waals surface area contributed by atoms with E-state index in [1.807, 2.05) is 19.1 Å². The first-order chi connectivity index (χ1) is 8.60. The van der Waals surface area contributed by atoms with Gasteiger partial charge in [0, 0.05) is 11.0 Å². The van der Waals surface area contributed by atoms with Gasteiger partial charge in [-0.2, -0.15) is 0 Å². The fourth-order valence-corrected chi connectivity index (χ4v) is 1.98. The van der Waals surface area contributed by atoms with Gasteiger partial charge in [0.05, 0.1) is 0 Å². The minimum absolute atomic E-state index is 0.207. The first kappa shape index (κ1) is 13.1. The Morgan fingerprint density at radius 1 is 1.22 bits per heavy atom. The Morgan fingerprint density at radius 3 is 2.61 bits per heavy atom. The zero-order valence-corrected chi connectivity index (χ0v) is 11.5. The molecule has 94 valence electrons. The SMILES string of the molecule is Cc1cc(Oc2ccc(Br)cc2F)ccc1CN. The average Bonchev–Trinajstić information content (AvgIpc) is 2.33. The molecule has 0 aliphatic heterocycles. The Balaban J connectivity index is 2.26. The predicted molar refractivity (Wildman–Crippen MR) is 73.2 cm³/mol.